The molecule has 1 heterocycles. The quantitative estimate of drug-likeness (QED) is 0.831. The van der Waals surface area contributed by atoms with Crippen LogP contribution in [0.5, 0.6) is 0 Å². The maximum atomic E-state index is 10.4. The van der Waals surface area contributed by atoms with E-state index in [1.165, 1.54) is 19.3 Å². The molecule has 0 aliphatic heterocycles. The molecule has 1 atom stereocenters. The van der Waals surface area contributed by atoms with Gasteiger partial charge in [0.2, 0.25) is 0 Å². The molecule has 2 rings (SSSR count). The Morgan fingerprint density at radius 3 is 2.67 bits per heavy atom. The predicted molar refractivity (Wildman–Crippen MR) is 63.9 cm³/mol. The highest BCUT2D eigenvalue weighted by Crippen LogP contribution is 2.46. The van der Waals surface area contributed by atoms with Gasteiger partial charge in [-0.05, 0) is 24.3 Å². The smallest absolute Gasteiger partial charge is 0.0949 e. The van der Waals surface area contributed by atoms with E-state index in [0.29, 0.717) is 6.54 Å². The Hall–Kier alpha value is -0.380. The molecule has 15 heavy (non-hydrogen) atoms. The summed E-state index contributed by atoms with van der Waals surface area (Å²) in [5, 5.41) is 12.4. The summed E-state index contributed by atoms with van der Waals surface area (Å²) in [6.07, 6.45) is 5.49. The third kappa shape index (κ3) is 2.10. The Kier molecular flexibility index (Phi) is 3.44. The van der Waals surface area contributed by atoms with E-state index in [1.54, 1.807) is 11.3 Å². The van der Waals surface area contributed by atoms with Crippen molar-refractivity contribution in [1.82, 2.24) is 0 Å². The Morgan fingerprint density at radius 1 is 1.40 bits per heavy atom. The van der Waals surface area contributed by atoms with Crippen molar-refractivity contribution in [3.05, 3.63) is 22.4 Å². The number of aliphatic hydroxyl groups excluding tert-OH is 1. The lowest BCUT2D eigenvalue weighted by molar-refractivity contribution is 0.00313. The van der Waals surface area contributed by atoms with Crippen LogP contribution in [0.2, 0.25) is 0 Å². The van der Waals surface area contributed by atoms with Gasteiger partial charge in [0.25, 0.3) is 0 Å². The average molecular weight is 225 g/mol. The lowest BCUT2D eigenvalue weighted by Crippen LogP contribution is -2.38. The zero-order valence-corrected chi connectivity index (χ0v) is 9.80. The molecule has 1 aromatic heterocycles. The van der Waals surface area contributed by atoms with Crippen molar-refractivity contribution in [3.63, 3.8) is 0 Å². The van der Waals surface area contributed by atoms with Crippen molar-refractivity contribution in [3.8, 4) is 0 Å². The minimum Gasteiger partial charge on any atom is -0.387 e. The van der Waals surface area contributed by atoms with Crippen LogP contribution in [0.1, 0.15) is 43.1 Å². The maximum absolute atomic E-state index is 10.4. The summed E-state index contributed by atoms with van der Waals surface area (Å²) in [5.41, 5.74) is 5.84. The van der Waals surface area contributed by atoms with E-state index >= 15 is 0 Å². The highest BCUT2D eigenvalue weighted by Gasteiger charge is 2.38. The largest absolute Gasteiger partial charge is 0.387 e. The summed E-state index contributed by atoms with van der Waals surface area (Å²) >= 11 is 1.63. The van der Waals surface area contributed by atoms with E-state index in [0.717, 1.165) is 17.7 Å². The van der Waals surface area contributed by atoms with Gasteiger partial charge in [-0.25, -0.2) is 0 Å². The second-order valence-electron chi connectivity index (χ2n) is 4.55. The summed E-state index contributed by atoms with van der Waals surface area (Å²) in [5.74, 6) is 0. The molecule has 0 aromatic carbocycles. The van der Waals surface area contributed by atoms with Gasteiger partial charge in [0.15, 0.2) is 0 Å². The average Bonchev–Trinajstić information content (AvgIpc) is 2.82. The van der Waals surface area contributed by atoms with E-state index in [9.17, 15) is 5.11 Å². The van der Waals surface area contributed by atoms with Crippen molar-refractivity contribution in [2.75, 3.05) is 6.54 Å². The molecule has 0 amide bonds. The molecule has 1 aliphatic carbocycles. The maximum Gasteiger partial charge on any atom is 0.0949 e. The van der Waals surface area contributed by atoms with Crippen molar-refractivity contribution in [1.29, 1.82) is 0 Å². The Balaban J connectivity index is 2.18. The fraction of sp³-hybridized carbons (Fsp3) is 0.667. The summed E-state index contributed by atoms with van der Waals surface area (Å²) < 4.78 is 0. The van der Waals surface area contributed by atoms with Crippen LogP contribution in [0, 0.1) is 5.41 Å². The predicted octanol–water partition coefficient (Wildman–Crippen LogP) is 2.69. The standard InChI is InChI=1S/C12H19NOS/c13-9-12(6-2-1-3-7-12)11(14)10-5-4-8-15-10/h4-5,8,11,14H,1-3,6-7,9,13H2. The van der Waals surface area contributed by atoms with E-state index in [4.69, 9.17) is 5.73 Å². The first-order valence-corrected chi connectivity index (χ1v) is 6.58. The van der Waals surface area contributed by atoms with Gasteiger partial charge in [-0.15, -0.1) is 11.3 Å². The van der Waals surface area contributed by atoms with Crippen LogP contribution in [0.4, 0.5) is 0 Å². The molecule has 3 N–H and O–H groups in total. The van der Waals surface area contributed by atoms with Gasteiger partial charge in [0, 0.05) is 16.8 Å². The Morgan fingerprint density at radius 2 is 2.13 bits per heavy atom. The normalized spacial score (nSPS) is 22.5. The Bertz CT molecular complexity index is 291. The fourth-order valence-electron chi connectivity index (χ4n) is 2.59. The van der Waals surface area contributed by atoms with Gasteiger partial charge in [0.05, 0.1) is 6.10 Å². The molecule has 0 spiro atoms. The SMILES string of the molecule is NCC1(C(O)c2cccs2)CCCCC1. The van der Waals surface area contributed by atoms with Gasteiger partial charge < -0.3 is 10.8 Å². The van der Waals surface area contributed by atoms with Crippen molar-refractivity contribution >= 4 is 11.3 Å². The third-order valence-electron chi connectivity index (χ3n) is 3.65. The molecule has 3 heteroatoms. The van der Waals surface area contributed by atoms with Crippen molar-refractivity contribution in [2.24, 2.45) is 11.1 Å². The first-order valence-electron chi connectivity index (χ1n) is 5.70. The zero-order valence-electron chi connectivity index (χ0n) is 8.98. The first kappa shape index (κ1) is 11.1. The number of nitrogens with two attached hydrogens (primary N) is 1. The molecule has 1 unspecified atom stereocenters. The van der Waals surface area contributed by atoms with Gasteiger partial charge in [-0.1, -0.05) is 25.3 Å². The first-order chi connectivity index (χ1) is 7.28. The summed E-state index contributed by atoms with van der Waals surface area (Å²) in [7, 11) is 0. The van der Waals surface area contributed by atoms with Crippen LogP contribution >= 0.6 is 11.3 Å². The molecule has 1 fully saturated rings. The van der Waals surface area contributed by atoms with E-state index < -0.39 is 0 Å². The van der Waals surface area contributed by atoms with Crippen molar-refractivity contribution in [2.45, 2.75) is 38.2 Å². The fourth-order valence-corrected chi connectivity index (χ4v) is 3.44. The molecule has 1 aliphatic rings. The topological polar surface area (TPSA) is 46.2 Å². The molecule has 1 saturated carbocycles. The van der Waals surface area contributed by atoms with E-state index in [1.807, 2.05) is 17.5 Å². The molecule has 0 bridgehead atoms. The minimum atomic E-state index is -0.359. The molecular weight excluding hydrogens is 206 g/mol. The summed E-state index contributed by atoms with van der Waals surface area (Å²) in [6, 6.07) is 4.01. The molecule has 84 valence electrons. The molecular formula is C12H19NOS. The van der Waals surface area contributed by atoms with Gasteiger partial charge in [-0.3, -0.25) is 0 Å². The molecule has 2 nitrogen and oxygen atoms in total. The van der Waals surface area contributed by atoms with Crippen LogP contribution in [0.3, 0.4) is 0 Å². The van der Waals surface area contributed by atoms with Crippen molar-refractivity contribution < 1.29 is 5.11 Å². The number of thiophene rings is 1. The lowest BCUT2D eigenvalue weighted by Gasteiger charge is -2.39. The van der Waals surface area contributed by atoms with Crippen LogP contribution in [0.25, 0.3) is 0 Å². The monoisotopic (exact) mass is 225 g/mol. The number of hydrogen-bond acceptors (Lipinski definition) is 3. The highest BCUT2D eigenvalue weighted by atomic mass is 32.1. The van der Waals surface area contributed by atoms with Gasteiger partial charge >= 0.3 is 0 Å². The molecule has 1 aromatic rings. The Labute approximate surface area is 95.1 Å². The summed E-state index contributed by atoms with van der Waals surface area (Å²) in [4.78, 5) is 1.07. The zero-order chi connectivity index (χ0) is 10.7. The number of hydrogen-bond donors (Lipinski definition) is 2. The van der Waals surface area contributed by atoms with Gasteiger partial charge in [0.1, 0.15) is 0 Å². The number of aliphatic hydroxyl groups is 1. The molecule has 0 radical (unpaired) electrons. The second-order valence-corrected chi connectivity index (χ2v) is 5.52. The third-order valence-corrected chi connectivity index (χ3v) is 4.57. The van der Waals surface area contributed by atoms with Crippen LogP contribution in [0.15, 0.2) is 17.5 Å². The minimum absolute atomic E-state index is 0.0525. The van der Waals surface area contributed by atoms with Gasteiger partial charge in [-0.2, -0.15) is 0 Å². The second kappa shape index (κ2) is 4.64. The summed E-state index contributed by atoms with van der Waals surface area (Å²) in [6.45, 7) is 0.603. The van der Waals surface area contributed by atoms with Crippen LogP contribution in [-0.2, 0) is 0 Å². The van der Waals surface area contributed by atoms with E-state index in [-0.39, 0.29) is 11.5 Å². The molecule has 0 saturated heterocycles. The van der Waals surface area contributed by atoms with Crippen LogP contribution in [-0.4, -0.2) is 11.7 Å². The van der Waals surface area contributed by atoms with Crippen LogP contribution < -0.4 is 5.73 Å². The number of rotatable bonds is 3. The van der Waals surface area contributed by atoms with E-state index in [2.05, 4.69) is 0 Å². The lowest BCUT2D eigenvalue weighted by atomic mass is 9.70. The highest BCUT2D eigenvalue weighted by molar-refractivity contribution is 7.10.